The summed E-state index contributed by atoms with van der Waals surface area (Å²) in [6.07, 6.45) is -0.281. The lowest BCUT2D eigenvalue weighted by molar-refractivity contribution is -0.129. The second-order valence-electron chi connectivity index (χ2n) is 5.63. The normalized spacial score (nSPS) is 20.5. The van der Waals surface area contributed by atoms with Gasteiger partial charge < -0.3 is 4.90 Å². The van der Waals surface area contributed by atoms with E-state index in [1.54, 1.807) is 0 Å². The summed E-state index contributed by atoms with van der Waals surface area (Å²) in [5, 5.41) is 0.895. The van der Waals surface area contributed by atoms with Gasteiger partial charge in [-0.05, 0) is 29.3 Å². The molecule has 1 fully saturated rings. The highest BCUT2D eigenvalue weighted by Gasteiger charge is 2.40. The van der Waals surface area contributed by atoms with Gasteiger partial charge in [0.05, 0.1) is 6.04 Å². The number of benzene rings is 2. The molecule has 6 heteroatoms. The number of rotatable bonds is 3. The van der Waals surface area contributed by atoms with Crippen LogP contribution in [0.2, 0.25) is 0 Å². The molecule has 1 aliphatic heterocycles. The first kappa shape index (κ1) is 15.0. The van der Waals surface area contributed by atoms with Crippen molar-refractivity contribution < 1.29 is 17.1 Å². The van der Waals surface area contributed by atoms with Gasteiger partial charge in [0.1, 0.15) is 5.25 Å². The number of likely N-dealkylation sites (tertiary alicyclic amines) is 1. The number of carbonyl (C=O) groups is 1. The van der Waals surface area contributed by atoms with Crippen LogP contribution in [-0.4, -0.2) is 31.0 Å². The van der Waals surface area contributed by atoms with E-state index in [1.165, 1.54) is 4.90 Å². The fraction of sp³-hybridized carbons (Fsp3) is 0.312. The van der Waals surface area contributed by atoms with Gasteiger partial charge in [0.15, 0.2) is 0 Å². The fourth-order valence-electron chi connectivity index (χ4n) is 2.91. The van der Waals surface area contributed by atoms with E-state index in [0.717, 1.165) is 16.3 Å². The van der Waals surface area contributed by atoms with Crippen LogP contribution in [-0.2, 0) is 15.0 Å². The molecule has 1 unspecified atom stereocenters. The molecule has 2 aromatic carbocycles. The van der Waals surface area contributed by atoms with E-state index >= 15 is 0 Å². The standard InChI is InChI=1S/C16H16FNO3S/c1-11(18-10-15(9-16(18)19)22(17,20)21)13-7-6-12-4-2-3-5-14(12)8-13/h2-8,11,15H,9-10H2,1H3/t11-,15?/m0/s1. The maximum Gasteiger partial charge on any atom is 0.307 e. The van der Waals surface area contributed by atoms with Crippen molar-refractivity contribution in [2.75, 3.05) is 6.54 Å². The number of nitrogens with zero attached hydrogens (tertiary/aromatic N) is 1. The second kappa shape index (κ2) is 5.35. The number of amides is 1. The van der Waals surface area contributed by atoms with Gasteiger partial charge in [-0.15, -0.1) is 3.89 Å². The Labute approximate surface area is 128 Å². The Morgan fingerprint density at radius 1 is 1.18 bits per heavy atom. The quantitative estimate of drug-likeness (QED) is 0.817. The third-order valence-corrected chi connectivity index (χ3v) is 5.36. The molecule has 2 aromatic rings. The van der Waals surface area contributed by atoms with Crippen LogP contribution < -0.4 is 0 Å². The first-order valence-electron chi connectivity index (χ1n) is 7.08. The molecule has 22 heavy (non-hydrogen) atoms. The molecular weight excluding hydrogens is 305 g/mol. The van der Waals surface area contributed by atoms with Crippen molar-refractivity contribution >= 4 is 26.9 Å². The molecule has 3 rings (SSSR count). The summed E-state index contributed by atoms with van der Waals surface area (Å²) in [5.41, 5.74) is 0.906. The molecule has 1 aliphatic rings. The molecule has 0 aliphatic carbocycles. The Morgan fingerprint density at radius 2 is 1.86 bits per heavy atom. The SMILES string of the molecule is C[C@@H](c1ccc2ccccc2c1)N1CC(S(=O)(=O)F)CC1=O. The van der Waals surface area contributed by atoms with Crippen molar-refractivity contribution in [3.05, 3.63) is 48.0 Å². The molecule has 1 saturated heterocycles. The minimum atomic E-state index is -4.68. The molecule has 0 radical (unpaired) electrons. The van der Waals surface area contributed by atoms with Gasteiger partial charge in [0, 0.05) is 13.0 Å². The zero-order chi connectivity index (χ0) is 15.9. The zero-order valence-corrected chi connectivity index (χ0v) is 12.9. The van der Waals surface area contributed by atoms with E-state index in [9.17, 15) is 17.1 Å². The van der Waals surface area contributed by atoms with Gasteiger partial charge in [-0.3, -0.25) is 4.79 Å². The molecule has 0 N–H and O–H groups in total. The van der Waals surface area contributed by atoms with Crippen molar-refractivity contribution in [3.63, 3.8) is 0 Å². The van der Waals surface area contributed by atoms with Crippen molar-refractivity contribution in [1.82, 2.24) is 4.90 Å². The molecule has 0 spiro atoms. The minimum Gasteiger partial charge on any atom is -0.334 e. The summed E-state index contributed by atoms with van der Waals surface area (Å²) >= 11 is 0. The maximum absolute atomic E-state index is 13.1. The van der Waals surface area contributed by atoms with Crippen molar-refractivity contribution in [1.29, 1.82) is 0 Å². The highest BCUT2D eigenvalue weighted by Crippen LogP contribution is 2.30. The predicted molar refractivity (Wildman–Crippen MR) is 82.5 cm³/mol. The highest BCUT2D eigenvalue weighted by molar-refractivity contribution is 7.87. The van der Waals surface area contributed by atoms with Gasteiger partial charge >= 0.3 is 10.2 Å². The molecule has 116 valence electrons. The summed E-state index contributed by atoms with van der Waals surface area (Å²) in [6, 6.07) is 13.4. The minimum absolute atomic E-state index is 0.0916. The third kappa shape index (κ3) is 2.70. The summed E-state index contributed by atoms with van der Waals surface area (Å²) in [5.74, 6) is -0.327. The van der Waals surface area contributed by atoms with Gasteiger partial charge in [-0.1, -0.05) is 36.4 Å². The van der Waals surface area contributed by atoms with Gasteiger partial charge in [0.2, 0.25) is 5.91 Å². The Bertz CT molecular complexity index is 834. The topological polar surface area (TPSA) is 54.5 Å². The predicted octanol–water partition coefficient (Wildman–Crippen LogP) is 2.80. The molecular formula is C16H16FNO3S. The van der Waals surface area contributed by atoms with Crippen LogP contribution in [0.1, 0.15) is 24.9 Å². The van der Waals surface area contributed by atoms with Gasteiger partial charge in [0.25, 0.3) is 0 Å². The average Bonchev–Trinajstić information content (AvgIpc) is 2.88. The van der Waals surface area contributed by atoms with E-state index in [0.29, 0.717) is 0 Å². The summed E-state index contributed by atoms with van der Waals surface area (Å²) in [4.78, 5) is 13.4. The Morgan fingerprint density at radius 3 is 2.50 bits per heavy atom. The number of hydrogen-bond donors (Lipinski definition) is 0. The largest absolute Gasteiger partial charge is 0.334 e. The molecule has 4 nitrogen and oxygen atoms in total. The molecule has 1 heterocycles. The smallest absolute Gasteiger partial charge is 0.307 e. The third-order valence-electron chi connectivity index (χ3n) is 4.24. The van der Waals surface area contributed by atoms with E-state index in [2.05, 4.69) is 0 Å². The average molecular weight is 321 g/mol. The van der Waals surface area contributed by atoms with Crippen molar-refractivity contribution in [2.45, 2.75) is 24.6 Å². The van der Waals surface area contributed by atoms with E-state index in [1.807, 2.05) is 49.4 Å². The molecule has 1 amide bonds. The van der Waals surface area contributed by atoms with Crippen LogP contribution in [0.3, 0.4) is 0 Å². The Kier molecular flexibility index (Phi) is 3.64. The van der Waals surface area contributed by atoms with Crippen molar-refractivity contribution in [3.8, 4) is 0 Å². The van der Waals surface area contributed by atoms with Crippen LogP contribution in [0.25, 0.3) is 10.8 Å². The second-order valence-corrected chi connectivity index (χ2v) is 7.25. The molecule has 0 saturated carbocycles. The lowest BCUT2D eigenvalue weighted by Gasteiger charge is -2.25. The lowest BCUT2D eigenvalue weighted by atomic mass is 10.0. The maximum atomic E-state index is 13.1. The van der Waals surface area contributed by atoms with Gasteiger partial charge in [-0.2, -0.15) is 8.42 Å². The van der Waals surface area contributed by atoms with Crippen LogP contribution in [0, 0.1) is 0 Å². The first-order chi connectivity index (χ1) is 10.4. The Balaban J connectivity index is 1.89. The first-order valence-corrected chi connectivity index (χ1v) is 8.52. The number of hydrogen-bond acceptors (Lipinski definition) is 3. The van der Waals surface area contributed by atoms with Crippen LogP contribution in [0.5, 0.6) is 0 Å². The fourth-order valence-corrected chi connectivity index (χ4v) is 3.59. The van der Waals surface area contributed by atoms with Crippen molar-refractivity contribution in [2.24, 2.45) is 0 Å². The van der Waals surface area contributed by atoms with Crippen LogP contribution >= 0.6 is 0 Å². The number of carbonyl (C=O) groups excluding carboxylic acids is 1. The number of fused-ring (bicyclic) bond motifs is 1. The zero-order valence-electron chi connectivity index (χ0n) is 12.1. The van der Waals surface area contributed by atoms with E-state index < -0.39 is 15.5 Å². The summed E-state index contributed by atoms with van der Waals surface area (Å²) in [6.45, 7) is 1.74. The van der Waals surface area contributed by atoms with Crippen LogP contribution in [0.15, 0.2) is 42.5 Å². The lowest BCUT2D eigenvalue weighted by Crippen LogP contribution is -2.30. The monoisotopic (exact) mass is 321 g/mol. The van der Waals surface area contributed by atoms with E-state index in [-0.39, 0.29) is 24.9 Å². The van der Waals surface area contributed by atoms with Crippen LogP contribution in [0.4, 0.5) is 3.89 Å². The molecule has 0 bridgehead atoms. The van der Waals surface area contributed by atoms with E-state index in [4.69, 9.17) is 0 Å². The Hall–Kier alpha value is -1.95. The summed E-state index contributed by atoms with van der Waals surface area (Å²) < 4.78 is 35.1. The molecule has 2 atom stereocenters. The highest BCUT2D eigenvalue weighted by atomic mass is 32.3. The summed E-state index contributed by atoms with van der Waals surface area (Å²) in [7, 11) is -4.68. The van der Waals surface area contributed by atoms with Gasteiger partial charge in [-0.25, -0.2) is 0 Å². The number of halogens is 1. The molecule has 0 aromatic heterocycles.